The monoisotopic (exact) mass is 313 g/mol. The molecule has 5 nitrogen and oxygen atoms in total. The van der Waals surface area contributed by atoms with Crippen molar-refractivity contribution < 1.29 is 9.84 Å². The standard InChI is InChI=1S/C18H23N3O2/c1-12(22)18-19-17(14-7-9-23-10-8-14)20-21(18)16-6-5-13-3-2-4-15(13)11-16/h5-6,11-12,14,22H,2-4,7-10H2,1H3/t12-/m1/s1. The fraction of sp³-hybridized carbons (Fsp3) is 0.556. The lowest BCUT2D eigenvalue weighted by Gasteiger charge is -2.18. The van der Waals surface area contributed by atoms with Crippen molar-refractivity contribution in [2.45, 2.75) is 51.0 Å². The highest BCUT2D eigenvalue weighted by atomic mass is 16.5. The van der Waals surface area contributed by atoms with Gasteiger partial charge in [-0.05, 0) is 62.3 Å². The van der Waals surface area contributed by atoms with E-state index in [1.807, 2.05) is 4.68 Å². The molecule has 1 aliphatic carbocycles. The summed E-state index contributed by atoms with van der Waals surface area (Å²) in [5.41, 5.74) is 3.85. The van der Waals surface area contributed by atoms with Crippen LogP contribution in [0.1, 0.15) is 61.0 Å². The molecule has 0 spiro atoms. The van der Waals surface area contributed by atoms with Gasteiger partial charge in [-0.25, -0.2) is 9.67 Å². The molecule has 0 bridgehead atoms. The van der Waals surface area contributed by atoms with E-state index >= 15 is 0 Å². The maximum absolute atomic E-state index is 10.1. The van der Waals surface area contributed by atoms with Crippen molar-refractivity contribution in [3.05, 3.63) is 41.0 Å². The van der Waals surface area contributed by atoms with E-state index in [0.29, 0.717) is 11.7 Å². The van der Waals surface area contributed by atoms with E-state index < -0.39 is 6.10 Å². The predicted molar refractivity (Wildman–Crippen MR) is 86.8 cm³/mol. The Bertz CT molecular complexity index is 702. The minimum atomic E-state index is -0.635. The largest absolute Gasteiger partial charge is 0.385 e. The molecule has 0 unspecified atom stereocenters. The fourth-order valence-electron chi connectivity index (χ4n) is 3.62. The number of aryl methyl sites for hydroxylation is 2. The third-order valence-corrected chi connectivity index (χ3v) is 4.94. The third kappa shape index (κ3) is 2.79. The summed E-state index contributed by atoms with van der Waals surface area (Å²) in [6.45, 7) is 3.28. The quantitative estimate of drug-likeness (QED) is 0.946. The first-order chi connectivity index (χ1) is 11.2. The average Bonchev–Trinajstić information content (AvgIpc) is 3.22. The molecular weight excluding hydrogens is 290 g/mol. The van der Waals surface area contributed by atoms with Gasteiger partial charge in [0.05, 0.1) is 5.69 Å². The van der Waals surface area contributed by atoms with Gasteiger partial charge in [-0.3, -0.25) is 0 Å². The number of aliphatic hydroxyl groups excluding tert-OH is 1. The molecule has 2 aromatic rings. The number of hydrogen-bond donors (Lipinski definition) is 1. The van der Waals surface area contributed by atoms with Crippen molar-refractivity contribution in [2.24, 2.45) is 0 Å². The Labute approximate surface area is 136 Å². The molecule has 4 rings (SSSR count). The second kappa shape index (κ2) is 6.06. The third-order valence-electron chi connectivity index (χ3n) is 4.94. The lowest BCUT2D eigenvalue weighted by Crippen LogP contribution is -2.15. The summed E-state index contributed by atoms with van der Waals surface area (Å²) in [7, 11) is 0. The molecule has 1 N–H and O–H groups in total. The van der Waals surface area contributed by atoms with Gasteiger partial charge in [0.15, 0.2) is 11.6 Å². The lowest BCUT2D eigenvalue weighted by molar-refractivity contribution is 0.0835. The van der Waals surface area contributed by atoms with Crippen molar-refractivity contribution in [3.8, 4) is 5.69 Å². The van der Waals surface area contributed by atoms with Crippen LogP contribution in [0, 0.1) is 0 Å². The normalized spacial score (nSPS) is 19.7. The zero-order valence-corrected chi connectivity index (χ0v) is 13.5. The number of ether oxygens (including phenoxy) is 1. The van der Waals surface area contributed by atoms with E-state index in [1.54, 1.807) is 6.92 Å². The average molecular weight is 313 g/mol. The summed E-state index contributed by atoms with van der Waals surface area (Å²) in [5.74, 6) is 1.80. The smallest absolute Gasteiger partial charge is 0.160 e. The molecule has 1 aromatic carbocycles. The minimum absolute atomic E-state index is 0.330. The van der Waals surface area contributed by atoms with Crippen molar-refractivity contribution in [2.75, 3.05) is 13.2 Å². The molecule has 1 aromatic heterocycles. The first-order valence-electron chi connectivity index (χ1n) is 8.57. The summed E-state index contributed by atoms with van der Waals surface area (Å²) in [6.07, 6.45) is 4.80. The molecule has 23 heavy (non-hydrogen) atoms. The van der Waals surface area contributed by atoms with Crippen LogP contribution in [-0.2, 0) is 17.6 Å². The van der Waals surface area contributed by atoms with E-state index in [9.17, 15) is 5.11 Å². The SMILES string of the molecule is C[C@@H](O)c1nc(C2CCOCC2)nn1-c1ccc2c(c1)CCC2. The highest BCUT2D eigenvalue weighted by molar-refractivity contribution is 5.43. The molecule has 0 radical (unpaired) electrons. The first kappa shape index (κ1) is 14.8. The second-order valence-corrected chi connectivity index (χ2v) is 6.61. The van der Waals surface area contributed by atoms with Gasteiger partial charge in [0, 0.05) is 19.1 Å². The van der Waals surface area contributed by atoms with E-state index in [0.717, 1.165) is 44.0 Å². The highest BCUT2D eigenvalue weighted by Gasteiger charge is 2.24. The lowest BCUT2D eigenvalue weighted by atomic mass is 10.00. The van der Waals surface area contributed by atoms with Gasteiger partial charge in [-0.2, -0.15) is 5.10 Å². The number of nitrogens with zero attached hydrogens (tertiary/aromatic N) is 3. The van der Waals surface area contributed by atoms with Gasteiger partial charge in [0.2, 0.25) is 0 Å². The maximum Gasteiger partial charge on any atom is 0.160 e. The maximum atomic E-state index is 10.1. The Balaban J connectivity index is 1.73. The van der Waals surface area contributed by atoms with E-state index in [-0.39, 0.29) is 0 Å². The Hall–Kier alpha value is -1.72. The van der Waals surface area contributed by atoms with Crippen LogP contribution in [0.15, 0.2) is 18.2 Å². The van der Waals surface area contributed by atoms with E-state index in [2.05, 4.69) is 23.2 Å². The second-order valence-electron chi connectivity index (χ2n) is 6.61. The molecule has 1 aliphatic heterocycles. The topological polar surface area (TPSA) is 60.2 Å². The van der Waals surface area contributed by atoms with Crippen LogP contribution in [-0.4, -0.2) is 33.1 Å². The van der Waals surface area contributed by atoms with Crippen molar-refractivity contribution in [1.29, 1.82) is 0 Å². The summed E-state index contributed by atoms with van der Waals surface area (Å²) < 4.78 is 7.26. The molecule has 2 heterocycles. The van der Waals surface area contributed by atoms with Crippen LogP contribution < -0.4 is 0 Å². The van der Waals surface area contributed by atoms with Gasteiger partial charge >= 0.3 is 0 Å². The van der Waals surface area contributed by atoms with Gasteiger partial charge in [0.1, 0.15) is 6.10 Å². The number of rotatable bonds is 3. The van der Waals surface area contributed by atoms with Crippen molar-refractivity contribution in [1.82, 2.24) is 14.8 Å². The molecule has 1 atom stereocenters. The zero-order chi connectivity index (χ0) is 15.8. The van der Waals surface area contributed by atoms with Crippen LogP contribution in [0.4, 0.5) is 0 Å². The Kier molecular flexibility index (Phi) is 3.91. The first-order valence-corrected chi connectivity index (χ1v) is 8.57. The van der Waals surface area contributed by atoms with E-state index in [4.69, 9.17) is 9.84 Å². The summed E-state index contributed by atoms with van der Waals surface area (Å²) in [4.78, 5) is 4.65. The molecule has 1 fully saturated rings. The molecule has 1 saturated heterocycles. The molecule has 0 amide bonds. The van der Waals surface area contributed by atoms with Gasteiger partial charge in [-0.15, -0.1) is 0 Å². The summed E-state index contributed by atoms with van der Waals surface area (Å²) in [5, 5.41) is 14.9. The molecule has 2 aliphatic rings. The number of benzene rings is 1. The van der Waals surface area contributed by atoms with E-state index in [1.165, 1.54) is 24.0 Å². The highest BCUT2D eigenvalue weighted by Crippen LogP contribution is 2.29. The number of fused-ring (bicyclic) bond motifs is 1. The van der Waals surface area contributed by atoms with Gasteiger partial charge in [0.25, 0.3) is 0 Å². The van der Waals surface area contributed by atoms with Crippen LogP contribution in [0.5, 0.6) is 0 Å². The Morgan fingerprint density at radius 3 is 2.78 bits per heavy atom. The molecule has 5 heteroatoms. The van der Waals surface area contributed by atoms with Crippen molar-refractivity contribution in [3.63, 3.8) is 0 Å². The number of aromatic nitrogens is 3. The van der Waals surface area contributed by atoms with Crippen molar-refractivity contribution >= 4 is 0 Å². The minimum Gasteiger partial charge on any atom is -0.385 e. The van der Waals surface area contributed by atoms with Crippen LogP contribution in [0.2, 0.25) is 0 Å². The van der Waals surface area contributed by atoms with Crippen LogP contribution >= 0.6 is 0 Å². The molecule has 122 valence electrons. The van der Waals surface area contributed by atoms with Crippen LogP contribution in [0.3, 0.4) is 0 Å². The Morgan fingerprint density at radius 1 is 1.22 bits per heavy atom. The van der Waals surface area contributed by atoms with Gasteiger partial charge < -0.3 is 9.84 Å². The van der Waals surface area contributed by atoms with Crippen LogP contribution in [0.25, 0.3) is 5.69 Å². The summed E-state index contributed by atoms with van der Waals surface area (Å²) >= 11 is 0. The fourth-order valence-corrected chi connectivity index (χ4v) is 3.62. The molecular formula is C18H23N3O2. The molecule has 0 saturated carbocycles. The predicted octanol–water partition coefficient (Wildman–Crippen LogP) is 2.70. The van der Waals surface area contributed by atoms with Gasteiger partial charge in [-0.1, -0.05) is 6.07 Å². The zero-order valence-electron chi connectivity index (χ0n) is 13.5. The summed E-state index contributed by atoms with van der Waals surface area (Å²) in [6, 6.07) is 6.49. The Morgan fingerprint density at radius 2 is 2.00 bits per heavy atom. The number of aliphatic hydroxyl groups is 1. The number of hydrogen-bond acceptors (Lipinski definition) is 4.